The van der Waals surface area contributed by atoms with Gasteiger partial charge in [-0.3, -0.25) is 4.90 Å². The van der Waals surface area contributed by atoms with Gasteiger partial charge in [0.1, 0.15) is 6.61 Å². The van der Waals surface area contributed by atoms with Crippen molar-refractivity contribution < 1.29 is 14.6 Å². The number of hydrogen-bond acceptors (Lipinski definition) is 4. The van der Waals surface area contributed by atoms with Gasteiger partial charge in [0.05, 0.1) is 12.1 Å². The maximum absolute atomic E-state index is 11.7. The van der Waals surface area contributed by atoms with Crippen LogP contribution in [0.15, 0.2) is 24.3 Å². The van der Waals surface area contributed by atoms with E-state index < -0.39 is 5.60 Å². The van der Waals surface area contributed by atoms with Crippen LogP contribution in [0.4, 0.5) is 10.5 Å². The molecule has 1 aliphatic heterocycles. The van der Waals surface area contributed by atoms with Crippen LogP contribution in [0.3, 0.4) is 0 Å². The number of anilines is 1. The van der Waals surface area contributed by atoms with Gasteiger partial charge >= 0.3 is 6.09 Å². The Morgan fingerprint density at radius 3 is 2.78 bits per heavy atom. The van der Waals surface area contributed by atoms with Gasteiger partial charge in [-0.25, -0.2) is 4.79 Å². The van der Waals surface area contributed by atoms with E-state index >= 15 is 0 Å². The second-order valence-corrected chi connectivity index (χ2v) is 6.63. The first kappa shape index (κ1) is 17.8. The minimum absolute atomic E-state index is 0.0871. The lowest BCUT2D eigenvalue weighted by molar-refractivity contribution is 0.00365. The highest BCUT2D eigenvalue weighted by atomic mass is 16.6. The van der Waals surface area contributed by atoms with Crippen molar-refractivity contribution >= 4 is 11.8 Å². The summed E-state index contributed by atoms with van der Waals surface area (Å²) in [6.07, 6.45) is 0.651. The first-order valence-corrected chi connectivity index (χ1v) is 8.35. The summed E-state index contributed by atoms with van der Waals surface area (Å²) in [6, 6.07) is 7.98. The fourth-order valence-electron chi connectivity index (χ4n) is 2.68. The van der Waals surface area contributed by atoms with Gasteiger partial charge in [0, 0.05) is 18.3 Å². The number of aliphatic hydroxyl groups is 1. The lowest BCUT2D eigenvalue weighted by Crippen LogP contribution is -2.43. The molecular weight excluding hydrogens is 292 g/mol. The van der Waals surface area contributed by atoms with Crippen LogP contribution >= 0.6 is 0 Å². The van der Waals surface area contributed by atoms with E-state index in [9.17, 15) is 9.90 Å². The molecule has 0 aliphatic carbocycles. The van der Waals surface area contributed by atoms with E-state index in [1.807, 2.05) is 31.2 Å². The summed E-state index contributed by atoms with van der Waals surface area (Å²) in [5.74, 6) is 0.230. The minimum atomic E-state index is -0.737. The average Bonchev–Trinajstić information content (AvgIpc) is 2.98. The topological polar surface area (TPSA) is 61.8 Å². The standard InChI is InChI=1S/C18H28N2O3/c1-5-13(2)18(4,22)12-19-14(3)15-7-6-8-16(11-15)20-9-10-23-17(20)21/h6-8,11,13-14,19,22H,5,9-10,12H2,1-4H3. The molecule has 1 saturated heterocycles. The third-order valence-electron chi connectivity index (χ3n) is 4.88. The number of nitrogens with zero attached hydrogens (tertiary/aromatic N) is 1. The molecule has 2 rings (SSSR count). The number of hydrogen-bond donors (Lipinski definition) is 2. The fourth-order valence-corrected chi connectivity index (χ4v) is 2.68. The van der Waals surface area contributed by atoms with Crippen LogP contribution in [0.2, 0.25) is 0 Å². The Bertz CT molecular complexity index is 545. The molecule has 1 fully saturated rings. The molecule has 1 aromatic rings. The van der Waals surface area contributed by atoms with E-state index in [-0.39, 0.29) is 18.1 Å². The number of carbonyl (C=O) groups excluding carboxylic acids is 1. The van der Waals surface area contributed by atoms with Crippen LogP contribution in [0.5, 0.6) is 0 Å². The Labute approximate surface area is 138 Å². The number of carbonyl (C=O) groups is 1. The summed E-state index contributed by atoms with van der Waals surface area (Å²) in [6.45, 7) is 9.64. The van der Waals surface area contributed by atoms with E-state index in [0.29, 0.717) is 19.7 Å². The predicted molar refractivity (Wildman–Crippen MR) is 91.6 cm³/mol. The monoisotopic (exact) mass is 320 g/mol. The van der Waals surface area contributed by atoms with Crippen molar-refractivity contribution in [1.82, 2.24) is 5.32 Å². The van der Waals surface area contributed by atoms with E-state index in [4.69, 9.17) is 4.74 Å². The van der Waals surface area contributed by atoms with Crippen molar-refractivity contribution in [2.24, 2.45) is 5.92 Å². The molecule has 3 unspecified atom stereocenters. The molecule has 128 valence electrons. The summed E-state index contributed by atoms with van der Waals surface area (Å²) >= 11 is 0. The second-order valence-electron chi connectivity index (χ2n) is 6.63. The molecule has 0 aromatic heterocycles. The van der Waals surface area contributed by atoms with Gasteiger partial charge in [-0.05, 0) is 37.5 Å². The number of amides is 1. The third kappa shape index (κ3) is 4.24. The maximum atomic E-state index is 11.7. The van der Waals surface area contributed by atoms with Gasteiger partial charge in [-0.15, -0.1) is 0 Å². The summed E-state index contributed by atoms with van der Waals surface area (Å²) in [7, 11) is 0. The maximum Gasteiger partial charge on any atom is 0.414 e. The normalized spacial score (nSPS) is 20.0. The molecule has 0 radical (unpaired) electrons. The van der Waals surface area contributed by atoms with E-state index in [1.54, 1.807) is 4.90 Å². The zero-order valence-electron chi connectivity index (χ0n) is 14.5. The zero-order chi connectivity index (χ0) is 17.0. The molecule has 5 nitrogen and oxygen atoms in total. The molecule has 2 N–H and O–H groups in total. The molecule has 1 heterocycles. The molecule has 1 aliphatic rings. The molecular formula is C18H28N2O3. The van der Waals surface area contributed by atoms with Crippen molar-refractivity contribution in [1.29, 1.82) is 0 Å². The first-order chi connectivity index (χ1) is 10.8. The van der Waals surface area contributed by atoms with Crippen LogP contribution in [-0.2, 0) is 4.74 Å². The highest BCUT2D eigenvalue weighted by Gasteiger charge is 2.28. The fraction of sp³-hybridized carbons (Fsp3) is 0.611. The molecule has 1 amide bonds. The van der Waals surface area contributed by atoms with Crippen molar-refractivity contribution in [3.63, 3.8) is 0 Å². The lowest BCUT2D eigenvalue weighted by atomic mass is 9.88. The van der Waals surface area contributed by atoms with Gasteiger partial charge in [0.15, 0.2) is 0 Å². The van der Waals surface area contributed by atoms with E-state index in [0.717, 1.165) is 17.7 Å². The molecule has 1 aromatic carbocycles. The van der Waals surface area contributed by atoms with Crippen molar-refractivity contribution in [3.8, 4) is 0 Å². The molecule has 23 heavy (non-hydrogen) atoms. The number of rotatable bonds is 7. The summed E-state index contributed by atoms with van der Waals surface area (Å²) in [4.78, 5) is 13.3. The largest absolute Gasteiger partial charge is 0.447 e. The average molecular weight is 320 g/mol. The quantitative estimate of drug-likeness (QED) is 0.810. The van der Waals surface area contributed by atoms with Crippen LogP contribution < -0.4 is 10.2 Å². The Hall–Kier alpha value is -1.59. The van der Waals surface area contributed by atoms with Crippen molar-refractivity contribution in [2.75, 3.05) is 24.6 Å². The SMILES string of the molecule is CCC(C)C(C)(O)CNC(C)c1cccc(N2CCOC2=O)c1. The Kier molecular flexibility index (Phi) is 5.65. The Morgan fingerprint density at radius 1 is 1.43 bits per heavy atom. The molecule has 0 bridgehead atoms. The summed E-state index contributed by atoms with van der Waals surface area (Å²) < 4.78 is 4.99. The van der Waals surface area contributed by atoms with Crippen LogP contribution in [0.25, 0.3) is 0 Å². The molecule has 5 heteroatoms. The van der Waals surface area contributed by atoms with E-state index in [2.05, 4.69) is 26.1 Å². The zero-order valence-corrected chi connectivity index (χ0v) is 14.5. The first-order valence-electron chi connectivity index (χ1n) is 8.35. The smallest absolute Gasteiger partial charge is 0.414 e. The minimum Gasteiger partial charge on any atom is -0.447 e. The van der Waals surface area contributed by atoms with Gasteiger partial charge in [0.2, 0.25) is 0 Å². The molecule has 0 saturated carbocycles. The second kappa shape index (κ2) is 7.32. The Balaban J connectivity index is 2.02. The highest BCUT2D eigenvalue weighted by molar-refractivity contribution is 5.89. The van der Waals surface area contributed by atoms with Crippen molar-refractivity contribution in [2.45, 2.75) is 45.8 Å². The predicted octanol–water partition coefficient (Wildman–Crippen LogP) is 3.09. The number of benzene rings is 1. The number of cyclic esters (lactones) is 1. The molecule has 0 spiro atoms. The van der Waals surface area contributed by atoms with Gasteiger partial charge < -0.3 is 15.2 Å². The third-order valence-corrected chi connectivity index (χ3v) is 4.88. The van der Waals surface area contributed by atoms with Gasteiger partial charge in [-0.2, -0.15) is 0 Å². The highest BCUT2D eigenvalue weighted by Crippen LogP contribution is 2.24. The summed E-state index contributed by atoms with van der Waals surface area (Å²) in [5, 5.41) is 13.9. The summed E-state index contributed by atoms with van der Waals surface area (Å²) in [5.41, 5.74) is 1.20. The van der Waals surface area contributed by atoms with E-state index in [1.165, 1.54) is 0 Å². The van der Waals surface area contributed by atoms with Crippen molar-refractivity contribution in [3.05, 3.63) is 29.8 Å². The number of ether oxygens (including phenoxy) is 1. The Morgan fingerprint density at radius 2 is 2.17 bits per heavy atom. The van der Waals surface area contributed by atoms with Crippen LogP contribution in [0, 0.1) is 5.92 Å². The number of nitrogens with one attached hydrogen (secondary N) is 1. The van der Waals surface area contributed by atoms with Crippen LogP contribution in [0.1, 0.15) is 45.7 Å². The lowest BCUT2D eigenvalue weighted by Gasteiger charge is -2.31. The molecule has 3 atom stereocenters. The van der Waals surface area contributed by atoms with Crippen LogP contribution in [-0.4, -0.2) is 36.5 Å². The van der Waals surface area contributed by atoms with Gasteiger partial charge in [0.25, 0.3) is 0 Å². The van der Waals surface area contributed by atoms with Gasteiger partial charge in [-0.1, -0.05) is 32.4 Å².